The number of nitrogens with two attached hydrogens (primary N) is 1. The molecule has 0 saturated carbocycles. The van der Waals surface area contributed by atoms with Crippen molar-refractivity contribution in [1.82, 2.24) is 9.97 Å². The first-order chi connectivity index (χ1) is 7.16. The molecule has 4 heteroatoms. The second-order valence-corrected chi connectivity index (χ2v) is 4.56. The third-order valence-corrected chi connectivity index (χ3v) is 3.05. The summed E-state index contributed by atoms with van der Waals surface area (Å²) in [5, 5.41) is 3.10. The van der Waals surface area contributed by atoms with Crippen molar-refractivity contribution in [2.45, 2.75) is 19.8 Å². The van der Waals surface area contributed by atoms with Gasteiger partial charge in [-0.05, 0) is 18.1 Å². The van der Waals surface area contributed by atoms with Crippen molar-refractivity contribution in [3.05, 3.63) is 29.4 Å². The topological polar surface area (TPSA) is 51.8 Å². The van der Waals surface area contributed by atoms with E-state index >= 15 is 0 Å². The average molecular weight is 219 g/mol. The minimum absolute atomic E-state index is 0.467. The highest BCUT2D eigenvalue weighted by Gasteiger charge is 2.07. The van der Waals surface area contributed by atoms with Gasteiger partial charge in [-0.1, -0.05) is 13.8 Å². The molecule has 78 valence electrons. The first-order valence-corrected chi connectivity index (χ1v) is 5.72. The molecule has 2 aromatic rings. The number of anilines is 1. The highest BCUT2D eigenvalue weighted by molar-refractivity contribution is 7.13. The summed E-state index contributed by atoms with van der Waals surface area (Å²) in [6.45, 7) is 4.28. The first-order valence-electron chi connectivity index (χ1n) is 4.84. The van der Waals surface area contributed by atoms with Gasteiger partial charge >= 0.3 is 0 Å². The maximum absolute atomic E-state index is 5.63. The fourth-order valence-corrected chi connectivity index (χ4v) is 2.24. The van der Waals surface area contributed by atoms with Crippen LogP contribution in [0.15, 0.2) is 23.7 Å². The zero-order chi connectivity index (χ0) is 10.8. The van der Waals surface area contributed by atoms with Crippen molar-refractivity contribution in [3.8, 4) is 10.6 Å². The van der Waals surface area contributed by atoms with Crippen molar-refractivity contribution in [2.24, 2.45) is 0 Å². The van der Waals surface area contributed by atoms with Crippen LogP contribution in [-0.4, -0.2) is 9.97 Å². The lowest BCUT2D eigenvalue weighted by Crippen LogP contribution is -1.90. The molecule has 0 aliphatic rings. The van der Waals surface area contributed by atoms with Gasteiger partial charge in [0.1, 0.15) is 10.8 Å². The van der Waals surface area contributed by atoms with Gasteiger partial charge in [-0.3, -0.25) is 0 Å². The second kappa shape index (κ2) is 3.98. The number of hydrogen-bond acceptors (Lipinski definition) is 4. The van der Waals surface area contributed by atoms with Gasteiger partial charge in [0.15, 0.2) is 0 Å². The van der Waals surface area contributed by atoms with E-state index in [4.69, 9.17) is 5.73 Å². The van der Waals surface area contributed by atoms with E-state index in [9.17, 15) is 0 Å². The lowest BCUT2D eigenvalue weighted by Gasteiger charge is -1.98. The predicted octanol–water partition coefficient (Wildman–Crippen LogP) is 2.91. The Morgan fingerprint density at radius 3 is 2.80 bits per heavy atom. The van der Waals surface area contributed by atoms with Crippen LogP contribution in [0.4, 0.5) is 5.82 Å². The van der Waals surface area contributed by atoms with Gasteiger partial charge in [0, 0.05) is 17.1 Å². The van der Waals surface area contributed by atoms with E-state index in [2.05, 4.69) is 29.2 Å². The van der Waals surface area contributed by atoms with E-state index in [0.29, 0.717) is 11.7 Å². The SMILES string of the molecule is CC(C)c1csc(-c2ccnc(N)c2)n1. The van der Waals surface area contributed by atoms with Gasteiger partial charge in [0.25, 0.3) is 0 Å². The Morgan fingerprint density at radius 2 is 2.20 bits per heavy atom. The zero-order valence-corrected chi connectivity index (χ0v) is 9.58. The van der Waals surface area contributed by atoms with Gasteiger partial charge in [-0.2, -0.15) is 0 Å². The molecule has 0 aromatic carbocycles. The molecule has 3 nitrogen and oxygen atoms in total. The molecule has 0 aliphatic heterocycles. The van der Waals surface area contributed by atoms with E-state index in [1.54, 1.807) is 17.5 Å². The number of hydrogen-bond donors (Lipinski definition) is 1. The van der Waals surface area contributed by atoms with Crippen molar-refractivity contribution in [3.63, 3.8) is 0 Å². The summed E-state index contributed by atoms with van der Waals surface area (Å²) in [4.78, 5) is 8.52. The Labute approximate surface area is 93.0 Å². The Bertz CT molecular complexity index is 462. The highest BCUT2D eigenvalue weighted by Crippen LogP contribution is 2.27. The Kier molecular flexibility index (Phi) is 2.68. The Morgan fingerprint density at radius 1 is 1.40 bits per heavy atom. The first kappa shape index (κ1) is 10.1. The lowest BCUT2D eigenvalue weighted by molar-refractivity contribution is 0.834. The van der Waals surface area contributed by atoms with Gasteiger partial charge in [-0.15, -0.1) is 11.3 Å². The van der Waals surface area contributed by atoms with Crippen LogP contribution in [-0.2, 0) is 0 Å². The molecular formula is C11H13N3S. The van der Waals surface area contributed by atoms with Crippen LogP contribution in [0.3, 0.4) is 0 Å². The summed E-state index contributed by atoms with van der Waals surface area (Å²) in [5.74, 6) is 1.00. The smallest absolute Gasteiger partial charge is 0.123 e. The maximum atomic E-state index is 5.63. The maximum Gasteiger partial charge on any atom is 0.123 e. The normalized spacial score (nSPS) is 10.9. The van der Waals surface area contributed by atoms with Crippen LogP contribution in [0.1, 0.15) is 25.5 Å². The lowest BCUT2D eigenvalue weighted by atomic mass is 10.2. The van der Waals surface area contributed by atoms with Crippen molar-refractivity contribution in [2.75, 3.05) is 5.73 Å². The molecule has 0 amide bonds. The molecule has 0 fully saturated rings. The molecule has 0 spiro atoms. The van der Waals surface area contributed by atoms with Crippen LogP contribution in [0.5, 0.6) is 0 Å². The largest absolute Gasteiger partial charge is 0.384 e. The fourth-order valence-electron chi connectivity index (χ4n) is 1.27. The summed E-state index contributed by atoms with van der Waals surface area (Å²) >= 11 is 1.65. The van der Waals surface area contributed by atoms with E-state index in [1.165, 1.54) is 0 Å². The highest BCUT2D eigenvalue weighted by atomic mass is 32.1. The van der Waals surface area contributed by atoms with Crippen molar-refractivity contribution < 1.29 is 0 Å². The molecule has 2 aromatic heterocycles. The van der Waals surface area contributed by atoms with Crippen LogP contribution in [0.25, 0.3) is 10.6 Å². The molecule has 2 N–H and O–H groups in total. The van der Waals surface area contributed by atoms with Crippen LogP contribution in [0.2, 0.25) is 0 Å². The summed E-state index contributed by atoms with van der Waals surface area (Å²) in [6, 6.07) is 3.78. The van der Waals surface area contributed by atoms with Crippen LogP contribution < -0.4 is 5.73 Å². The average Bonchev–Trinajstić information content (AvgIpc) is 2.66. The van der Waals surface area contributed by atoms with Gasteiger partial charge in [0.05, 0.1) is 5.69 Å². The standard InChI is InChI=1S/C11H13N3S/c1-7(2)9-6-15-11(14-9)8-3-4-13-10(12)5-8/h3-7H,1-2H3,(H2,12,13). The van der Waals surface area contributed by atoms with Crippen molar-refractivity contribution in [1.29, 1.82) is 0 Å². The van der Waals surface area contributed by atoms with Crippen molar-refractivity contribution >= 4 is 17.2 Å². The number of nitrogen functional groups attached to an aromatic ring is 1. The van der Waals surface area contributed by atoms with E-state index in [-0.39, 0.29) is 0 Å². The molecule has 0 unspecified atom stereocenters. The molecule has 2 rings (SSSR count). The third kappa shape index (κ3) is 2.15. The van der Waals surface area contributed by atoms with Crippen LogP contribution in [0, 0.1) is 0 Å². The molecule has 0 radical (unpaired) electrons. The summed E-state index contributed by atoms with van der Waals surface area (Å²) in [6.07, 6.45) is 1.71. The summed E-state index contributed by atoms with van der Waals surface area (Å²) in [7, 11) is 0. The molecule has 2 heterocycles. The zero-order valence-electron chi connectivity index (χ0n) is 8.77. The summed E-state index contributed by atoms with van der Waals surface area (Å²) < 4.78 is 0. The third-order valence-electron chi connectivity index (χ3n) is 2.14. The van der Waals surface area contributed by atoms with Gasteiger partial charge in [0.2, 0.25) is 0 Å². The minimum atomic E-state index is 0.467. The van der Waals surface area contributed by atoms with E-state index in [1.807, 2.05) is 12.1 Å². The molecule has 0 saturated heterocycles. The molecule has 0 bridgehead atoms. The van der Waals surface area contributed by atoms with Gasteiger partial charge < -0.3 is 5.73 Å². The fraction of sp³-hybridized carbons (Fsp3) is 0.273. The number of aromatic nitrogens is 2. The minimum Gasteiger partial charge on any atom is -0.384 e. The van der Waals surface area contributed by atoms with E-state index in [0.717, 1.165) is 16.3 Å². The monoisotopic (exact) mass is 219 g/mol. The van der Waals surface area contributed by atoms with E-state index < -0.39 is 0 Å². The summed E-state index contributed by atoms with van der Waals surface area (Å²) in [5.41, 5.74) is 7.80. The number of pyridine rings is 1. The molecule has 15 heavy (non-hydrogen) atoms. The quantitative estimate of drug-likeness (QED) is 0.845. The molecular weight excluding hydrogens is 206 g/mol. The van der Waals surface area contributed by atoms with Gasteiger partial charge in [-0.25, -0.2) is 9.97 Å². The number of rotatable bonds is 2. The molecule has 0 atom stereocenters. The molecule has 0 aliphatic carbocycles. The number of thiazole rings is 1. The Balaban J connectivity index is 2.37. The predicted molar refractivity (Wildman–Crippen MR) is 63.8 cm³/mol. The second-order valence-electron chi connectivity index (χ2n) is 3.70. The number of nitrogens with zero attached hydrogens (tertiary/aromatic N) is 2. The Hall–Kier alpha value is -1.42. The van der Waals surface area contributed by atoms with Crippen LogP contribution >= 0.6 is 11.3 Å².